The summed E-state index contributed by atoms with van der Waals surface area (Å²) >= 11 is 0. The van der Waals surface area contributed by atoms with Crippen LogP contribution >= 0.6 is 0 Å². The maximum atomic E-state index is 6.15. The minimum Gasteiger partial charge on any atom is -0.490 e. The summed E-state index contributed by atoms with van der Waals surface area (Å²) in [5, 5.41) is 0. The van der Waals surface area contributed by atoms with Crippen molar-refractivity contribution in [1.82, 2.24) is 0 Å². The van der Waals surface area contributed by atoms with Crippen molar-refractivity contribution in [3.05, 3.63) is 24.3 Å². The van der Waals surface area contributed by atoms with Gasteiger partial charge in [0.05, 0.1) is 13.2 Å². The molecule has 1 fully saturated rings. The molecule has 0 heterocycles. The summed E-state index contributed by atoms with van der Waals surface area (Å²) in [5.41, 5.74) is 6.18. The topological polar surface area (TPSA) is 44.5 Å². The van der Waals surface area contributed by atoms with E-state index >= 15 is 0 Å². The first-order chi connectivity index (χ1) is 8.23. The van der Waals surface area contributed by atoms with Crippen molar-refractivity contribution in [3.63, 3.8) is 0 Å². The SMILES string of the molecule is CCOc1ccccc1OCCC1(N)CCC1. The highest BCUT2D eigenvalue weighted by Gasteiger charge is 2.32. The van der Waals surface area contributed by atoms with E-state index in [4.69, 9.17) is 15.2 Å². The van der Waals surface area contributed by atoms with Crippen LogP contribution in [-0.4, -0.2) is 18.8 Å². The molecule has 0 saturated heterocycles. The van der Waals surface area contributed by atoms with Crippen molar-refractivity contribution in [3.8, 4) is 11.5 Å². The standard InChI is InChI=1S/C14H21NO2/c1-2-16-12-6-3-4-7-13(12)17-11-10-14(15)8-5-9-14/h3-4,6-7H,2,5,8-11,15H2,1H3. The lowest BCUT2D eigenvalue weighted by molar-refractivity contribution is 0.179. The van der Waals surface area contributed by atoms with E-state index in [2.05, 4.69) is 0 Å². The summed E-state index contributed by atoms with van der Waals surface area (Å²) in [6.45, 7) is 3.29. The zero-order valence-electron chi connectivity index (χ0n) is 10.4. The van der Waals surface area contributed by atoms with E-state index in [-0.39, 0.29) is 5.54 Å². The third kappa shape index (κ3) is 3.13. The third-order valence-electron chi connectivity index (χ3n) is 3.36. The Bertz CT molecular complexity index is 361. The Morgan fingerprint density at radius 1 is 1.18 bits per heavy atom. The molecule has 0 amide bonds. The predicted octanol–water partition coefficient (Wildman–Crippen LogP) is 2.74. The van der Waals surface area contributed by atoms with E-state index in [1.165, 1.54) is 6.42 Å². The Morgan fingerprint density at radius 3 is 2.35 bits per heavy atom. The van der Waals surface area contributed by atoms with Crippen LogP contribution in [0.25, 0.3) is 0 Å². The lowest BCUT2D eigenvalue weighted by Gasteiger charge is -2.38. The van der Waals surface area contributed by atoms with Crippen molar-refractivity contribution in [2.24, 2.45) is 5.73 Å². The van der Waals surface area contributed by atoms with Crippen molar-refractivity contribution in [1.29, 1.82) is 0 Å². The first-order valence-corrected chi connectivity index (χ1v) is 6.37. The molecule has 0 spiro atoms. The average Bonchev–Trinajstić information content (AvgIpc) is 2.29. The van der Waals surface area contributed by atoms with Crippen molar-refractivity contribution >= 4 is 0 Å². The van der Waals surface area contributed by atoms with Gasteiger partial charge in [-0.25, -0.2) is 0 Å². The van der Waals surface area contributed by atoms with Crippen molar-refractivity contribution < 1.29 is 9.47 Å². The molecule has 1 aromatic rings. The summed E-state index contributed by atoms with van der Waals surface area (Å²) in [6.07, 6.45) is 4.44. The van der Waals surface area contributed by atoms with Crippen molar-refractivity contribution in [2.45, 2.75) is 38.1 Å². The molecule has 2 N–H and O–H groups in total. The third-order valence-corrected chi connectivity index (χ3v) is 3.36. The van der Waals surface area contributed by atoms with Gasteiger partial charge in [-0.15, -0.1) is 0 Å². The van der Waals surface area contributed by atoms with Gasteiger partial charge in [0.15, 0.2) is 11.5 Å². The number of ether oxygens (including phenoxy) is 2. The predicted molar refractivity (Wildman–Crippen MR) is 68.5 cm³/mol. The summed E-state index contributed by atoms with van der Waals surface area (Å²) in [5.74, 6) is 1.63. The fourth-order valence-corrected chi connectivity index (χ4v) is 2.09. The van der Waals surface area contributed by atoms with Crippen molar-refractivity contribution in [2.75, 3.05) is 13.2 Å². The lowest BCUT2D eigenvalue weighted by atomic mass is 9.76. The van der Waals surface area contributed by atoms with Gasteiger partial charge < -0.3 is 15.2 Å². The zero-order chi connectivity index (χ0) is 12.1. The molecule has 94 valence electrons. The summed E-state index contributed by atoms with van der Waals surface area (Å²) < 4.78 is 11.3. The van der Waals surface area contributed by atoms with Gasteiger partial charge in [0.2, 0.25) is 0 Å². The van der Waals surface area contributed by atoms with E-state index < -0.39 is 0 Å². The zero-order valence-corrected chi connectivity index (χ0v) is 10.4. The molecular weight excluding hydrogens is 214 g/mol. The summed E-state index contributed by atoms with van der Waals surface area (Å²) in [6, 6.07) is 7.78. The molecule has 0 aliphatic heterocycles. The average molecular weight is 235 g/mol. The number of hydrogen-bond acceptors (Lipinski definition) is 3. The number of benzene rings is 1. The maximum absolute atomic E-state index is 6.15. The Morgan fingerprint density at radius 2 is 1.82 bits per heavy atom. The molecule has 0 radical (unpaired) electrons. The molecule has 17 heavy (non-hydrogen) atoms. The Hall–Kier alpha value is -1.22. The van der Waals surface area contributed by atoms with Gasteiger partial charge >= 0.3 is 0 Å². The van der Waals surface area contributed by atoms with E-state index in [1.807, 2.05) is 31.2 Å². The van der Waals surface area contributed by atoms with Gasteiger partial charge in [-0.3, -0.25) is 0 Å². The van der Waals surface area contributed by atoms with Crippen LogP contribution in [0.4, 0.5) is 0 Å². The van der Waals surface area contributed by atoms with Crippen LogP contribution in [0.1, 0.15) is 32.6 Å². The van der Waals surface area contributed by atoms with Gasteiger partial charge in [0.1, 0.15) is 0 Å². The molecule has 1 aliphatic rings. The fourth-order valence-electron chi connectivity index (χ4n) is 2.09. The van der Waals surface area contributed by atoms with E-state index in [9.17, 15) is 0 Å². The summed E-state index contributed by atoms with van der Waals surface area (Å²) in [4.78, 5) is 0. The maximum Gasteiger partial charge on any atom is 0.161 e. The molecule has 1 aromatic carbocycles. The van der Waals surface area contributed by atoms with Crippen LogP contribution in [-0.2, 0) is 0 Å². The minimum atomic E-state index is 0.0283. The quantitative estimate of drug-likeness (QED) is 0.824. The number of nitrogens with two attached hydrogens (primary N) is 1. The molecule has 3 nitrogen and oxygen atoms in total. The summed E-state index contributed by atoms with van der Waals surface area (Å²) in [7, 11) is 0. The van der Waals surface area contributed by atoms with Gasteiger partial charge in [0.25, 0.3) is 0 Å². The van der Waals surface area contributed by atoms with E-state index in [1.54, 1.807) is 0 Å². The van der Waals surface area contributed by atoms with Gasteiger partial charge in [-0.05, 0) is 44.7 Å². The fraction of sp³-hybridized carbons (Fsp3) is 0.571. The van der Waals surface area contributed by atoms with Crippen LogP contribution in [0, 0.1) is 0 Å². The highest BCUT2D eigenvalue weighted by Crippen LogP contribution is 2.33. The Balaban J connectivity index is 1.85. The van der Waals surface area contributed by atoms with Gasteiger partial charge in [0, 0.05) is 5.54 Å². The Labute approximate surface area is 103 Å². The van der Waals surface area contributed by atoms with Crippen LogP contribution in [0.5, 0.6) is 11.5 Å². The Kier molecular flexibility index (Phi) is 3.89. The van der Waals surface area contributed by atoms with Crippen LogP contribution < -0.4 is 15.2 Å². The molecule has 1 aliphatic carbocycles. The van der Waals surface area contributed by atoms with E-state index in [0.29, 0.717) is 13.2 Å². The highest BCUT2D eigenvalue weighted by molar-refractivity contribution is 5.39. The smallest absolute Gasteiger partial charge is 0.161 e. The van der Waals surface area contributed by atoms with Gasteiger partial charge in [-0.1, -0.05) is 12.1 Å². The first-order valence-electron chi connectivity index (χ1n) is 6.37. The highest BCUT2D eigenvalue weighted by atomic mass is 16.5. The molecule has 3 heteroatoms. The van der Waals surface area contributed by atoms with E-state index in [0.717, 1.165) is 30.8 Å². The second-order valence-electron chi connectivity index (χ2n) is 4.69. The molecule has 0 unspecified atom stereocenters. The monoisotopic (exact) mass is 235 g/mol. The molecule has 2 rings (SSSR count). The lowest BCUT2D eigenvalue weighted by Crippen LogP contribution is -2.47. The van der Waals surface area contributed by atoms with Crippen LogP contribution in [0.2, 0.25) is 0 Å². The minimum absolute atomic E-state index is 0.0283. The molecular formula is C14H21NO2. The normalized spacial score (nSPS) is 17.3. The van der Waals surface area contributed by atoms with Gasteiger partial charge in [-0.2, -0.15) is 0 Å². The van der Waals surface area contributed by atoms with Crippen LogP contribution in [0.15, 0.2) is 24.3 Å². The van der Waals surface area contributed by atoms with Crippen LogP contribution in [0.3, 0.4) is 0 Å². The molecule has 0 aromatic heterocycles. The molecule has 0 atom stereocenters. The first kappa shape index (κ1) is 12.2. The number of para-hydroxylation sites is 2. The molecule has 1 saturated carbocycles. The largest absolute Gasteiger partial charge is 0.490 e. The number of rotatable bonds is 6. The second kappa shape index (κ2) is 5.41. The second-order valence-corrected chi connectivity index (χ2v) is 4.69. The molecule has 0 bridgehead atoms. The number of hydrogen-bond donors (Lipinski definition) is 1.